The first kappa shape index (κ1) is 14.1. The van der Waals surface area contributed by atoms with Crippen LogP contribution in [0.25, 0.3) is 10.2 Å². The predicted octanol–water partition coefficient (Wildman–Crippen LogP) is 3.33. The molecule has 0 aliphatic carbocycles. The number of nitrogens with two attached hydrogens (primary N) is 1. The van der Waals surface area contributed by atoms with Crippen LogP contribution in [0.2, 0.25) is 5.02 Å². The van der Waals surface area contributed by atoms with Crippen LogP contribution in [0.3, 0.4) is 0 Å². The van der Waals surface area contributed by atoms with E-state index in [1.807, 2.05) is 0 Å². The molecule has 0 amide bonds. The summed E-state index contributed by atoms with van der Waals surface area (Å²) in [5.41, 5.74) is 8.79. The number of sulfonamides is 1. The average molecular weight is 340 g/mol. The van der Waals surface area contributed by atoms with Gasteiger partial charge in [0.2, 0.25) is 0 Å². The van der Waals surface area contributed by atoms with E-state index in [4.69, 9.17) is 17.3 Å². The SMILES string of the molecule is Nc1cccc(Cl)c1S(=O)(=O)Nc1ccc2ncsc2c1. The highest BCUT2D eigenvalue weighted by molar-refractivity contribution is 7.93. The second kappa shape index (κ2) is 5.18. The molecule has 21 heavy (non-hydrogen) atoms. The number of thiazole rings is 1. The first-order chi connectivity index (χ1) is 9.97. The predicted molar refractivity (Wildman–Crippen MR) is 86.3 cm³/mol. The van der Waals surface area contributed by atoms with Crippen LogP contribution in [0, 0.1) is 0 Å². The maximum Gasteiger partial charge on any atom is 0.265 e. The first-order valence-corrected chi connectivity index (χ1v) is 8.61. The molecule has 0 radical (unpaired) electrons. The van der Waals surface area contributed by atoms with Crippen molar-refractivity contribution < 1.29 is 8.42 Å². The van der Waals surface area contributed by atoms with E-state index in [1.165, 1.54) is 23.5 Å². The van der Waals surface area contributed by atoms with Crippen molar-refractivity contribution in [2.45, 2.75) is 4.90 Å². The lowest BCUT2D eigenvalue weighted by molar-refractivity contribution is 0.601. The van der Waals surface area contributed by atoms with Crippen LogP contribution >= 0.6 is 22.9 Å². The molecular weight excluding hydrogens is 330 g/mol. The topological polar surface area (TPSA) is 85.1 Å². The monoisotopic (exact) mass is 339 g/mol. The Morgan fingerprint density at radius 2 is 2.05 bits per heavy atom. The van der Waals surface area contributed by atoms with Crippen LogP contribution in [0.1, 0.15) is 0 Å². The smallest absolute Gasteiger partial charge is 0.265 e. The standard InChI is InChI=1S/C13H10ClN3O2S2/c14-9-2-1-3-10(15)13(9)21(18,19)17-8-4-5-11-12(6-8)20-7-16-11/h1-7,17H,15H2. The Kier molecular flexibility index (Phi) is 3.48. The molecular formula is C13H10ClN3O2S2. The van der Waals surface area contributed by atoms with Crippen molar-refractivity contribution in [2.75, 3.05) is 10.5 Å². The molecule has 0 aliphatic rings. The molecule has 0 saturated heterocycles. The molecule has 0 bridgehead atoms. The Morgan fingerprint density at radius 1 is 1.24 bits per heavy atom. The number of halogens is 1. The van der Waals surface area contributed by atoms with Crippen LogP contribution in [0.15, 0.2) is 46.8 Å². The minimum atomic E-state index is -3.85. The summed E-state index contributed by atoms with van der Waals surface area (Å²) in [5, 5.41) is 0.0846. The average Bonchev–Trinajstić information content (AvgIpc) is 2.85. The van der Waals surface area contributed by atoms with Gasteiger partial charge in [0, 0.05) is 0 Å². The number of rotatable bonds is 3. The molecule has 3 N–H and O–H groups in total. The highest BCUT2D eigenvalue weighted by Gasteiger charge is 2.21. The van der Waals surface area contributed by atoms with Gasteiger partial charge in [-0.3, -0.25) is 4.72 Å². The molecule has 0 unspecified atom stereocenters. The number of nitrogen functional groups attached to an aromatic ring is 1. The third kappa shape index (κ3) is 2.67. The lowest BCUT2D eigenvalue weighted by atomic mass is 10.3. The van der Waals surface area contributed by atoms with Gasteiger partial charge in [0.05, 0.1) is 32.1 Å². The van der Waals surface area contributed by atoms with Crippen molar-refractivity contribution in [3.63, 3.8) is 0 Å². The highest BCUT2D eigenvalue weighted by Crippen LogP contribution is 2.30. The molecule has 0 fully saturated rings. The molecule has 1 aromatic heterocycles. The van der Waals surface area contributed by atoms with Crippen LogP contribution < -0.4 is 10.5 Å². The lowest BCUT2D eigenvalue weighted by Gasteiger charge is -2.11. The molecule has 3 rings (SSSR count). The summed E-state index contributed by atoms with van der Waals surface area (Å²) in [6.07, 6.45) is 0. The minimum Gasteiger partial charge on any atom is -0.398 e. The van der Waals surface area contributed by atoms with E-state index in [0.29, 0.717) is 5.69 Å². The van der Waals surface area contributed by atoms with E-state index in [1.54, 1.807) is 29.8 Å². The summed E-state index contributed by atoms with van der Waals surface area (Å²) in [5.74, 6) is 0. The second-order valence-electron chi connectivity index (χ2n) is 4.30. The number of aromatic nitrogens is 1. The van der Waals surface area contributed by atoms with Crippen molar-refractivity contribution in [1.29, 1.82) is 0 Å². The Hall–Kier alpha value is -1.83. The molecule has 5 nitrogen and oxygen atoms in total. The largest absolute Gasteiger partial charge is 0.398 e. The van der Waals surface area contributed by atoms with Crippen LogP contribution in [0.5, 0.6) is 0 Å². The maximum atomic E-state index is 12.4. The Morgan fingerprint density at radius 3 is 2.81 bits per heavy atom. The Bertz CT molecular complexity index is 902. The van der Waals surface area contributed by atoms with Gasteiger partial charge in [-0.15, -0.1) is 11.3 Å². The number of benzene rings is 2. The zero-order valence-corrected chi connectivity index (χ0v) is 13.0. The summed E-state index contributed by atoms with van der Waals surface area (Å²) in [6, 6.07) is 9.69. The summed E-state index contributed by atoms with van der Waals surface area (Å²) in [4.78, 5) is 4.03. The van der Waals surface area contributed by atoms with Gasteiger partial charge in [0.15, 0.2) is 0 Å². The molecule has 0 atom stereocenters. The molecule has 0 saturated carbocycles. The van der Waals surface area contributed by atoms with Gasteiger partial charge in [-0.05, 0) is 30.3 Å². The molecule has 8 heteroatoms. The van der Waals surface area contributed by atoms with Gasteiger partial charge < -0.3 is 5.73 Å². The molecule has 1 heterocycles. The third-order valence-electron chi connectivity index (χ3n) is 2.85. The molecule has 0 aliphatic heterocycles. The van der Waals surface area contributed by atoms with Crippen LogP contribution in [0.4, 0.5) is 11.4 Å². The second-order valence-corrected chi connectivity index (χ2v) is 7.21. The van der Waals surface area contributed by atoms with Gasteiger partial charge in [-0.1, -0.05) is 17.7 Å². The van der Waals surface area contributed by atoms with Gasteiger partial charge in [-0.25, -0.2) is 13.4 Å². The summed E-state index contributed by atoms with van der Waals surface area (Å²) in [6.45, 7) is 0. The van der Waals surface area contributed by atoms with Crippen LogP contribution in [-0.4, -0.2) is 13.4 Å². The minimum absolute atomic E-state index is 0.0846. The fraction of sp³-hybridized carbons (Fsp3) is 0. The van der Waals surface area contributed by atoms with E-state index in [2.05, 4.69) is 9.71 Å². The first-order valence-electron chi connectivity index (χ1n) is 5.87. The van der Waals surface area contributed by atoms with Crippen molar-refractivity contribution in [3.8, 4) is 0 Å². The van der Waals surface area contributed by atoms with Crippen molar-refractivity contribution in [2.24, 2.45) is 0 Å². The van der Waals surface area contributed by atoms with Crippen molar-refractivity contribution in [3.05, 3.63) is 46.9 Å². The van der Waals surface area contributed by atoms with Crippen molar-refractivity contribution >= 4 is 54.6 Å². The fourth-order valence-electron chi connectivity index (χ4n) is 1.93. The van der Waals surface area contributed by atoms with Gasteiger partial charge in [0.1, 0.15) is 4.90 Å². The third-order valence-corrected chi connectivity index (χ3v) is 5.57. The summed E-state index contributed by atoms with van der Waals surface area (Å²) < 4.78 is 28.2. The normalized spacial score (nSPS) is 11.7. The highest BCUT2D eigenvalue weighted by atomic mass is 35.5. The molecule has 108 valence electrons. The zero-order chi connectivity index (χ0) is 15.0. The number of hydrogen-bond donors (Lipinski definition) is 2. The number of nitrogens with one attached hydrogen (secondary N) is 1. The maximum absolute atomic E-state index is 12.4. The fourth-order valence-corrected chi connectivity index (χ4v) is 4.38. The summed E-state index contributed by atoms with van der Waals surface area (Å²) in [7, 11) is -3.85. The zero-order valence-electron chi connectivity index (χ0n) is 10.6. The van der Waals surface area contributed by atoms with Crippen molar-refractivity contribution in [1.82, 2.24) is 4.98 Å². The van der Waals surface area contributed by atoms with E-state index < -0.39 is 10.0 Å². The van der Waals surface area contributed by atoms with Gasteiger partial charge in [-0.2, -0.15) is 0 Å². The van der Waals surface area contributed by atoms with E-state index in [9.17, 15) is 8.42 Å². The summed E-state index contributed by atoms with van der Waals surface area (Å²) >= 11 is 7.38. The van der Waals surface area contributed by atoms with Crippen LogP contribution in [-0.2, 0) is 10.0 Å². The van der Waals surface area contributed by atoms with Gasteiger partial charge in [0.25, 0.3) is 10.0 Å². The molecule has 3 aromatic rings. The molecule has 0 spiro atoms. The lowest BCUT2D eigenvalue weighted by Crippen LogP contribution is -2.15. The number of fused-ring (bicyclic) bond motifs is 1. The quantitative estimate of drug-likeness (QED) is 0.717. The number of anilines is 2. The Balaban J connectivity index is 2.03. The van der Waals surface area contributed by atoms with Gasteiger partial charge >= 0.3 is 0 Å². The van der Waals surface area contributed by atoms with E-state index in [0.717, 1.165) is 10.2 Å². The number of nitrogens with zero attached hydrogens (tertiary/aromatic N) is 1. The van der Waals surface area contributed by atoms with E-state index in [-0.39, 0.29) is 15.6 Å². The molecule has 2 aromatic carbocycles. The number of hydrogen-bond acceptors (Lipinski definition) is 5. The Labute approximate surface area is 130 Å². The van der Waals surface area contributed by atoms with E-state index >= 15 is 0 Å².